The van der Waals surface area contributed by atoms with E-state index in [0.717, 1.165) is 5.56 Å². The lowest BCUT2D eigenvalue weighted by Crippen LogP contribution is -2.01. The Bertz CT molecular complexity index is 545. The molecule has 0 aliphatic carbocycles. The molecular weight excluding hydrogens is 289 g/mol. The van der Waals surface area contributed by atoms with Gasteiger partial charge in [0.1, 0.15) is 10.3 Å². The summed E-state index contributed by atoms with van der Waals surface area (Å²) in [5.74, 6) is 0.139. The van der Waals surface area contributed by atoms with Crippen molar-refractivity contribution in [3.05, 3.63) is 34.6 Å². The number of halogens is 2. The Balaban J connectivity index is 2.58. The van der Waals surface area contributed by atoms with Crippen LogP contribution in [-0.4, -0.2) is 17.1 Å². The molecule has 1 aromatic heterocycles. The minimum Gasteiger partial charge on any atom is -0.480 e. The predicted molar refractivity (Wildman–Crippen MR) is 66.1 cm³/mol. The molecule has 0 spiro atoms. The topological polar surface area (TPSA) is 61.0 Å². The zero-order valence-electron chi connectivity index (χ0n) is 8.95. The van der Waals surface area contributed by atoms with E-state index in [0.29, 0.717) is 16.0 Å². The van der Waals surface area contributed by atoms with E-state index in [1.807, 2.05) is 0 Å². The smallest absolute Gasteiger partial charge is 0.233 e. The van der Waals surface area contributed by atoms with E-state index < -0.39 is 0 Å². The SMILES string of the molecule is COc1nc(N)nc(-c2ccc(F)cc2)c1Br. The van der Waals surface area contributed by atoms with Crippen LogP contribution < -0.4 is 10.5 Å². The van der Waals surface area contributed by atoms with E-state index in [-0.39, 0.29) is 11.8 Å². The van der Waals surface area contributed by atoms with Gasteiger partial charge >= 0.3 is 0 Å². The van der Waals surface area contributed by atoms with Crippen LogP contribution in [-0.2, 0) is 0 Å². The highest BCUT2D eigenvalue weighted by Crippen LogP contribution is 2.33. The van der Waals surface area contributed by atoms with Crippen molar-refractivity contribution in [1.29, 1.82) is 0 Å². The second kappa shape index (κ2) is 4.67. The van der Waals surface area contributed by atoms with Crippen LogP contribution in [0.3, 0.4) is 0 Å². The third-order valence-electron chi connectivity index (χ3n) is 2.15. The fraction of sp³-hybridized carbons (Fsp3) is 0.0909. The summed E-state index contributed by atoms with van der Waals surface area (Å²) in [6, 6.07) is 5.93. The number of nitrogens with two attached hydrogens (primary N) is 1. The summed E-state index contributed by atoms with van der Waals surface area (Å²) in [6.07, 6.45) is 0. The van der Waals surface area contributed by atoms with Gasteiger partial charge in [0.2, 0.25) is 11.8 Å². The number of rotatable bonds is 2. The quantitative estimate of drug-likeness (QED) is 0.926. The van der Waals surface area contributed by atoms with Gasteiger partial charge in [0.25, 0.3) is 0 Å². The Hall–Kier alpha value is -1.69. The highest BCUT2D eigenvalue weighted by Gasteiger charge is 2.13. The number of hydrogen-bond acceptors (Lipinski definition) is 4. The van der Waals surface area contributed by atoms with Gasteiger partial charge in [-0.1, -0.05) is 0 Å². The summed E-state index contributed by atoms with van der Waals surface area (Å²) >= 11 is 3.33. The molecule has 0 saturated carbocycles. The third kappa shape index (κ3) is 2.36. The molecule has 0 saturated heterocycles. The number of anilines is 1. The molecule has 0 aliphatic rings. The van der Waals surface area contributed by atoms with Crippen LogP contribution in [0.4, 0.5) is 10.3 Å². The first-order valence-corrected chi connectivity index (χ1v) is 5.54. The fourth-order valence-electron chi connectivity index (χ4n) is 1.38. The second-order valence-electron chi connectivity index (χ2n) is 3.26. The number of aromatic nitrogens is 2. The van der Waals surface area contributed by atoms with Crippen LogP contribution >= 0.6 is 15.9 Å². The highest BCUT2D eigenvalue weighted by atomic mass is 79.9. The monoisotopic (exact) mass is 297 g/mol. The van der Waals surface area contributed by atoms with Gasteiger partial charge in [-0.3, -0.25) is 0 Å². The molecular formula is C11H9BrFN3O. The highest BCUT2D eigenvalue weighted by molar-refractivity contribution is 9.10. The van der Waals surface area contributed by atoms with Gasteiger partial charge in [-0.05, 0) is 40.2 Å². The van der Waals surface area contributed by atoms with Crippen LogP contribution in [0.15, 0.2) is 28.7 Å². The maximum Gasteiger partial charge on any atom is 0.233 e. The van der Waals surface area contributed by atoms with Crippen LogP contribution in [0.2, 0.25) is 0 Å². The van der Waals surface area contributed by atoms with Gasteiger partial charge in [0.05, 0.1) is 12.8 Å². The summed E-state index contributed by atoms with van der Waals surface area (Å²) in [5.41, 5.74) is 6.87. The molecule has 2 N–H and O–H groups in total. The van der Waals surface area contributed by atoms with Crippen molar-refractivity contribution in [2.24, 2.45) is 0 Å². The molecule has 88 valence electrons. The first kappa shape index (κ1) is 11.8. The molecule has 2 aromatic rings. The van der Waals surface area contributed by atoms with Crippen molar-refractivity contribution in [3.8, 4) is 17.1 Å². The van der Waals surface area contributed by atoms with E-state index in [1.165, 1.54) is 19.2 Å². The lowest BCUT2D eigenvalue weighted by Gasteiger charge is -2.08. The third-order valence-corrected chi connectivity index (χ3v) is 2.86. The van der Waals surface area contributed by atoms with Crippen LogP contribution in [0.25, 0.3) is 11.3 Å². The van der Waals surface area contributed by atoms with Gasteiger partial charge in [-0.25, -0.2) is 9.37 Å². The molecule has 0 atom stereocenters. The number of hydrogen-bond donors (Lipinski definition) is 1. The zero-order chi connectivity index (χ0) is 12.4. The molecule has 1 heterocycles. The number of nitrogen functional groups attached to an aromatic ring is 1. The Labute approximate surface area is 106 Å². The van der Waals surface area contributed by atoms with Crippen molar-refractivity contribution < 1.29 is 9.13 Å². The van der Waals surface area contributed by atoms with Gasteiger partial charge in [0.15, 0.2) is 0 Å². The van der Waals surface area contributed by atoms with Gasteiger partial charge in [0, 0.05) is 5.56 Å². The summed E-state index contributed by atoms with van der Waals surface area (Å²) < 4.78 is 18.5. The first-order valence-electron chi connectivity index (χ1n) is 4.74. The van der Waals surface area contributed by atoms with E-state index in [4.69, 9.17) is 10.5 Å². The molecule has 0 aliphatic heterocycles. The van der Waals surface area contributed by atoms with Crippen molar-refractivity contribution in [1.82, 2.24) is 9.97 Å². The lowest BCUT2D eigenvalue weighted by atomic mass is 10.1. The Morgan fingerprint density at radius 1 is 1.24 bits per heavy atom. The maximum atomic E-state index is 12.8. The predicted octanol–water partition coefficient (Wildman–Crippen LogP) is 2.64. The number of nitrogens with zero attached hydrogens (tertiary/aromatic N) is 2. The maximum absolute atomic E-state index is 12.8. The van der Waals surface area contributed by atoms with Gasteiger partial charge in [-0.15, -0.1) is 0 Å². The largest absolute Gasteiger partial charge is 0.480 e. The Morgan fingerprint density at radius 3 is 2.47 bits per heavy atom. The summed E-state index contributed by atoms with van der Waals surface area (Å²) in [6.45, 7) is 0. The van der Waals surface area contributed by atoms with Crippen LogP contribution in [0, 0.1) is 5.82 Å². The molecule has 0 bridgehead atoms. The van der Waals surface area contributed by atoms with E-state index in [1.54, 1.807) is 12.1 Å². The summed E-state index contributed by atoms with van der Waals surface area (Å²) in [5, 5.41) is 0. The standard InChI is InChI=1S/C11H9BrFN3O/c1-17-10-8(12)9(15-11(14)16-10)6-2-4-7(13)5-3-6/h2-5H,1H3,(H2,14,15,16). The van der Waals surface area contributed by atoms with Crippen molar-refractivity contribution in [3.63, 3.8) is 0 Å². The van der Waals surface area contributed by atoms with E-state index in [2.05, 4.69) is 25.9 Å². The second-order valence-corrected chi connectivity index (χ2v) is 4.05. The van der Waals surface area contributed by atoms with Crippen LogP contribution in [0.5, 0.6) is 5.88 Å². The number of methoxy groups -OCH3 is 1. The Morgan fingerprint density at radius 2 is 1.88 bits per heavy atom. The number of ether oxygens (including phenoxy) is 1. The van der Waals surface area contributed by atoms with E-state index in [9.17, 15) is 4.39 Å². The average Bonchev–Trinajstić information content (AvgIpc) is 2.33. The fourth-order valence-corrected chi connectivity index (χ4v) is 1.95. The summed E-state index contributed by atoms with van der Waals surface area (Å²) in [4.78, 5) is 8.02. The lowest BCUT2D eigenvalue weighted by molar-refractivity contribution is 0.395. The van der Waals surface area contributed by atoms with Gasteiger partial charge in [-0.2, -0.15) is 4.98 Å². The molecule has 0 fully saturated rings. The summed E-state index contributed by atoms with van der Waals surface area (Å²) in [7, 11) is 1.49. The van der Waals surface area contributed by atoms with Crippen molar-refractivity contribution in [2.45, 2.75) is 0 Å². The molecule has 6 heteroatoms. The van der Waals surface area contributed by atoms with Crippen molar-refractivity contribution in [2.75, 3.05) is 12.8 Å². The molecule has 4 nitrogen and oxygen atoms in total. The molecule has 2 rings (SSSR count). The normalized spacial score (nSPS) is 10.3. The minimum absolute atomic E-state index is 0.101. The van der Waals surface area contributed by atoms with Crippen molar-refractivity contribution >= 4 is 21.9 Å². The molecule has 0 radical (unpaired) electrons. The molecule has 1 aromatic carbocycles. The first-order chi connectivity index (χ1) is 8.11. The molecule has 0 amide bonds. The van der Waals surface area contributed by atoms with Gasteiger partial charge < -0.3 is 10.5 Å². The zero-order valence-corrected chi connectivity index (χ0v) is 10.5. The van der Waals surface area contributed by atoms with Crippen LogP contribution in [0.1, 0.15) is 0 Å². The average molecular weight is 298 g/mol. The van der Waals surface area contributed by atoms with E-state index >= 15 is 0 Å². The minimum atomic E-state index is -0.307. The molecule has 17 heavy (non-hydrogen) atoms. The Kier molecular flexibility index (Phi) is 3.23. The molecule has 0 unspecified atom stereocenters. The number of benzene rings is 1.